The van der Waals surface area contributed by atoms with E-state index in [1.807, 2.05) is 6.07 Å². The van der Waals surface area contributed by atoms with Crippen molar-refractivity contribution in [2.75, 3.05) is 0 Å². The minimum atomic E-state index is -0.763. The molecule has 0 radical (unpaired) electrons. The summed E-state index contributed by atoms with van der Waals surface area (Å²) in [5.41, 5.74) is 0.630. The van der Waals surface area contributed by atoms with Gasteiger partial charge in [-0.3, -0.25) is 4.79 Å². The van der Waals surface area contributed by atoms with Crippen molar-refractivity contribution in [3.8, 4) is 6.07 Å². The van der Waals surface area contributed by atoms with Crippen molar-refractivity contribution >= 4 is 17.5 Å². The second-order valence-electron chi connectivity index (χ2n) is 3.57. The average molecular weight is 261 g/mol. The normalized spacial score (nSPS) is 11.6. The Morgan fingerprint density at radius 1 is 1.39 bits per heavy atom. The lowest BCUT2D eigenvalue weighted by molar-refractivity contribution is 0.0917. The molecule has 2 rings (SSSR count). The molecule has 90 valence electrons. The molecule has 2 aromatic rings. The van der Waals surface area contributed by atoms with E-state index in [0.717, 1.165) is 0 Å². The van der Waals surface area contributed by atoms with Gasteiger partial charge < -0.3 is 9.73 Å². The smallest absolute Gasteiger partial charge is 0.288 e. The van der Waals surface area contributed by atoms with Gasteiger partial charge in [-0.05, 0) is 29.8 Å². The Balaban J connectivity index is 2.16. The first-order valence-corrected chi connectivity index (χ1v) is 5.58. The number of nitriles is 1. The van der Waals surface area contributed by atoms with Gasteiger partial charge in [-0.15, -0.1) is 0 Å². The summed E-state index contributed by atoms with van der Waals surface area (Å²) in [7, 11) is 0. The molecule has 18 heavy (non-hydrogen) atoms. The molecule has 1 aromatic heterocycles. The molecule has 0 aliphatic carbocycles. The highest BCUT2D eigenvalue weighted by Crippen LogP contribution is 2.17. The third kappa shape index (κ3) is 2.70. The molecule has 1 atom stereocenters. The van der Waals surface area contributed by atoms with Crippen molar-refractivity contribution in [1.82, 2.24) is 5.32 Å². The van der Waals surface area contributed by atoms with Crippen LogP contribution >= 0.6 is 11.6 Å². The summed E-state index contributed by atoms with van der Waals surface area (Å²) in [4.78, 5) is 11.7. The van der Waals surface area contributed by atoms with Crippen molar-refractivity contribution in [3.05, 3.63) is 59.0 Å². The summed E-state index contributed by atoms with van der Waals surface area (Å²) in [6.07, 6.45) is 1.40. The molecule has 0 fully saturated rings. The van der Waals surface area contributed by atoms with Crippen molar-refractivity contribution in [2.24, 2.45) is 0 Å². The van der Waals surface area contributed by atoms with E-state index in [9.17, 15) is 4.79 Å². The predicted octanol–water partition coefficient (Wildman–Crippen LogP) is 2.93. The molecule has 4 nitrogen and oxygen atoms in total. The number of benzene rings is 1. The Morgan fingerprint density at radius 3 is 2.83 bits per heavy atom. The van der Waals surface area contributed by atoms with E-state index in [1.165, 1.54) is 12.3 Å². The third-order valence-electron chi connectivity index (χ3n) is 2.33. The van der Waals surface area contributed by atoms with Crippen LogP contribution in [0.5, 0.6) is 0 Å². The molecule has 5 heteroatoms. The molecule has 0 aliphatic rings. The molecule has 1 aromatic carbocycles. The van der Waals surface area contributed by atoms with Crippen LogP contribution < -0.4 is 5.32 Å². The molecule has 1 amide bonds. The van der Waals surface area contributed by atoms with E-state index >= 15 is 0 Å². The number of furan rings is 1. The van der Waals surface area contributed by atoms with Gasteiger partial charge in [-0.2, -0.15) is 5.26 Å². The lowest BCUT2D eigenvalue weighted by Gasteiger charge is -2.10. The van der Waals surface area contributed by atoms with Crippen molar-refractivity contribution in [2.45, 2.75) is 6.04 Å². The fourth-order valence-corrected chi connectivity index (χ4v) is 1.69. The first-order chi connectivity index (χ1) is 8.70. The van der Waals surface area contributed by atoms with Gasteiger partial charge in [0.05, 0.1) is 12.3 Å². The zero-order chi connectivity index (χ0) is 13.0. The number of rotatable bonds is 3. The number of carbonyl (C=O) groups excluding carboxylic acids is 1. The number of nitrogens with one attached hydrogen (secondary N) is 1. The van der Waals surface area contributed by atoms with E-state index in [1.54, 1.807) is 30.3 Å². The van der Waals surface area contributed by atoms with Gasteiger partial charge >= 0.3 is 0 Å². The number of hydrogen-bond donors (Lipinski definition) is 1. The SMILES string of the molecule is N#CC(NC(=O)c1ccco1)c1cccc(Cl)c1. The van der Waals surface area contributed by atoms with E-state index in [-0.39, 0.29) is 5.76 Å². The maximum absolute atomic E-state index is 11.7. The predicted molar refractivity (Wildman–Crippen MR) is 66.0 cm³/mol. The van der Waals surface area contributed by atoms with Gasteiger partial charge in [-0.25, -0.2) is 0 Å². The Morgan fingerprint density at radius 2 is 2.22 bits per heavy atom. The number of halogens is 1. The van der Waals surface area contributed by atoms with Crippen LogP contribution in [0.2, 0.25) is 5.02 Å². The monoisotopic (exact) mass is 260 g/mol. The number of carbonyl (C=O) groups is 1. The van der Waals surface area contributed by atoms with Crippen LogP contribution in [0.1, 0.15) is 22.2 Å². The molecule has 0 spiro atoms. The maximum Gasteiger partial charge on any atom is 0.288 e. The van der Waals surface area contributed by atoms with Crippen LogP contribution in [0.4, 0.5) is 0 Å². The highest BCUT2D eigenvalue weighted by atomic mass is 35.5. The summed E-state index contributed by atoms with van der Waals surface area (Å²) in [6, 6.07) is 11.2. The molecule has 1 N–H and O–H groups in total. The van der Waals surface area contributed by atoms with E-state index in [0.29, 0.717) is 10.6 Å². The second-order valence-corrected chi connectivity index (χ2v) is 4.00. The highest BCUT2D eigenvalue weighted by molar-refractivity contribution is 6.30. The standard InChI is InChI=1S/C13H9ClN2O2/c14-10-4-1-3-9(7-10)11(8-15)16-13(17)12-5-2-6-18-12/h1-7,11H,(H,16,17). The molecule has 0 saturated heterocycles. The number of nitrogens with zero attached hydrogens (tertiary/aromatic N) is 1. The lowest BCUT2D eigenvalue weighted by Crippen LogP contribution is -2.27. The van der Waals surface area contributed by atoms with Gasteiger partial charge in [0.25, 0.3) is 5.91 Å². The van der Waals surface area contributed by atoms with Crippen LogP contribution in [0.25, 0.3) is 0 Å². The molecular formula is C13H9ClN2O2. The third-order valence-corrected chi connectivity index (χ3v) is 2.57. The van der Waals surface area contributed by atoms with Crippen molar-refractivity contribution < 1.29 is 9.21 Å². The lowest BCUT2D eigenvalue weighted by atomic mass is 10.1. The van der Waals surface area contributed by atoms with Crippen molar-refractivity contribution in [1.29, 1.82) is 5.26 Å². The van der Waals surface area contributed by atoms with Crippen molar-refractivity contribution in [3.63, 3.8) is 0 Å². The summed E-state index contributed by atoms with van der Waals surface area (Å²) >= 11 is 5.84. The average Bonchev–Trinajstić information content (AvgIpc) is 2.89. The highest BCUT2D eigenvalue weighted by Gasteiger charge is 2.16. The minimum Gasteiger partial charge on any atom is -0.459 e. The molecule has 0 bridgehead atoms. The van der Waals surface area contributed by atoms with E-state index < -0.39 is 11.9 Å². The van der Waals surface area contributed by atoms with E-state index in [4.69, 9.17) is 21.3 Å². The summed E-state index contributed by atoms with van der Waals surface area (Å²) in [5.74, 6) is -0.274. The Hall–Kier alpha value is -2.25. The zero-order valence-corrected chi connectivity index (χ0v) is 10.0. The van der Waals surface area contributed by atoms with Gasteiger partial charge in [0.15, 0.2) is 5.76 Å². The quantitative estimate of drug-likeness (QED) is 0.923. The van der Waals surface area contributed by atoms with E-state index in [2.05, 4.69) is 5.32 Å². The number of hydrogen-bond acceptors (Lipinski definition) is 3. The Bertz CT molecular complexity index is 587. The first-order valence-electron chi connectivity index (χ1n) is 5.20. The Kier molecular flexibility index (Phi) is 3.66. The minimum absolute atomic E-state index is 0.164. The molecular weight excluding hydrogens is 252 g/mol. The van der Waals surface area contributed by atoms with Gasteiger partial charge in [0.2, 0.25) is 0 Å². The number of amides is 1. The largest absolute Gasteiger partial charge is 0.459 e. The van der Waals surface area contributed by atoms with Crippen LogP contribution in [-0.2, 0) is 0 Å². The van der Waals surface area contributed by atoms with Crippen LogP contribution in [0, 0.1) is 11.3 Å². The first kappa shape index (κ1) is 12.2. The van der Waals surface area contributed by atoms with Gasteiger partial charge in [-0.1, -0.05) is 23.7 Å². The maximum atomic E-state index is 11.7. The summed E-state index contributed by atoms with van der Waals surface area (Å²) < 4.78 is 4.95. The molecule has 1 heterocycles. The molecule has 1 unspecified atom stereocenters. The fraction of sp³-hybridized carbons (Fsp3) is 0.0769. The molecule has 0 aliphatic heterocycles. The van der Waals surface area contributed by atoms with Crippen LogP contribution in [-0.4, -0.2) is 5.91 Å². The van der Waals surface area contributed by atoms with Gasteiger partial charge in [0, 0.05) is 5.02 Å². The topological polar surface area (TPSA) is 66.0 Å². The second kappa shape index (κ2) is 5.39. The Labute approximate surface area is 109 Å². The van der Waals surface area contributed by atoms with Crippen LogP contribution in [0.3, 0.4) is 0 Å². The van der Waals surface area contributed by atoms with Gasteiger partial charge in [0.1, 0.15) is 6.04 Å². The summed E-state index contributed by atoms with van der Waals surface area (Å²) in [6.45, 7) is 0. The summed E-state index contributed by atoms with van der Waals surface area (Å²) in [5, 5.41) is 12.2. The zero-order valence-electron chi connectivity index (χ0n) is 9.26. The molecule has 0 saturated carbocycles. The van der Waals surface area contributed by atoms with Crippen LogP contribution in [0.15, 0.2) is 47.1 Å². The fourth-order valence-electron chi connectivity index (χ4n) is 1.49.